The third-order valence-corrected chi connectivity index (χ3v) is 2.93. The maximum atomic E-state index is 13.5. The summed E-state index contributed by atoms with van der Waals surface area (Å²) in [5, 5.41) is 5.95. The molecule has 2 N–H and O–H groups in total. The van der Waals surface area contributed by atoms with E-state index in [-0.39, 0.29) is 11.9 Å². The zero-order chi connectivity index (χ0) is 12.3. The summed E-state index contributed by atoms with van der Waals surface area (Å²) in [7, 11) is 3.79. The maximum Gasteiger partial charge on any atom is 0.224 e. The first-order chi connectivity index (χ1) is 8.19. The van der Waals surface area contributed by atoms with Crippen molar-refractivity contribution in [3.63, 3.8) is 0 Å². The van der Waals surface area contributed by atoms with E-state index in [1.54, 1.807) is 7.05 Å². The lowest BCUT2D eigenvalue weighted by Crippen LogP contribution is -2.40. The lowest BCUT2D eigenvalue weighted by Gasteiger charge is -2.30. The summed E-state index contributed by atoms with van der Waals surface area (Å²) < 4.78 is 13.5. The first kappa shape index (κ1) is 12.0. The maximum absolute atomic E-state index is 13.5. The van der Waals surface area contributed by atoms with E-state index < -0.39 is 5.82 Å². The monoisotopic (exact) mass is 239 g/mol. The van der Waals surface area contributed by atoms with Crippen LogP contribution in [0.1, 0.15) is 12.8 Å². The van der Waals surface area contributed by atoms with Crippen LogP contribution in [0, 0.1) is 5.82 Å². The van der Waals surface area contributed by atoms with Crippen LogP contribution in [-0.2, 0) is 0 Å². The molecule has 1 unspecified atom stereocenters. The van der Waals surface area contributed by atoms with E-state index in [4.69, 9.17) is 0 Å². The molecule has 0 amide bonds. The number of anilines is 2. The van der Waals surface area contributed by atoms with Gasteiger partial charge < -0.3 is 15.5 Å². The average Bonchev–Trinajstić information content (AvgIpc) is 2.32. The van der Waals surface area contributed by atoms with E-state index in [9.17, 15) is 4.39 Å². The normalized spacial score (nSPS) is 21.2. The van der Waals surface area contributed by atoms with Crippen LogP contribution in [0.5, 0.6) is 0 Å². The summed E-state index contributed by atoms with van der Waals surface area (Å²) in [5.41, 5.74) is 0. The van der Waals surface area contributed by atoms with Gasteiger partial charge in [-0.25, -0.2) is 9.37 Å². The van der Waals surface area contributed by atoms with Crippen LogP contribution in [-0.4, -0.2) is 48.1 Å². The van der Waals surface area contributed by atoms with Crippen molar-refractivity contribution >= 4 is 11.8 Å². The Morgan fingerprint density at radius 2 is 2.35 bits per heavy atom. The summed E-state index contributed by atoms with van der Waals surface area (Å²) in [5.74, 6) is 0.306. The fourth-order valence-electron chi connectivity index (χ4n) is 2.07. The Bertz CT molecular complexity index is 384. The molecule has 0 spiro atoms. The van der Waals surface area contributed by atoms with Crippen LogP contribution >= 0.6 is 0 Å². The molecule has 1 aromatic heterocycles. The highest BCUT2D eigenvalue weighted by Gasteiger charge is 2.18. The van der Waals surface area contributed by atoms with E-state index in [1.165, 1.54) is 6.20 Å². The molecule has 17 heavy (non-hydrogen) atoms. The van der Waals surface area contributed by atoms with Crippen LogP contribution in [0.25, 0.3) is 0 Å². The molecular formula is C11H18FN5. The number of likely N-dealkylation sites (tertiary alicyclic amines) is 1. The molecule has 2 rings (SSSR count). The Hall–Kier alpha value is -1.43. The molecule has 1 fully saturated rings. The highest BCUT2D eigenvalue weighted by molar-refractivity contribution is 5.41. The summed E-state index contributed by atoms with van der Waals surface area (Å²) in [6.45, 7) is 2.02. The Morgan fingerprint density at radius 1 is 1.53 bits per heavy atom. The Kier molecular flexibility index (Phi) is 3.73. The molecule has 0 radical (unpaired) electrons. The molecule has 1 saturated heterocycles. The van der Waals surface area contributed by atoms with Gasteiger partial charge >= 0.3 is 0 Å². The number of rotatable bonds is 3. The fourth-order valence-corrected chi connectivity index (χ4v) is 2.07. The molecule has 0 saturated carbocycles. The summed E-state index contributed by atoms with van der Waals surface area (Å²) in [6, 6.07) is 0.253. The van der Waals surface area contributed by atoms with Crippen LogP contribution in [0.4, 0.5) is 16.2 Å². The Morgan fingerprint density at radius 3 is 3.06 bits per heavy atom. The topological polar surface area (TPSA) is 53.1 Å². The minimum absolute atomic E-state index is 0.253. The van der Waals surface area contributed by atoms with Crippen molar-refractivity contribution in [2.45, 2.75) is 18.9 Å². The lowest BCUT2D eigenvalue weighted by molar-refractivity contribution is 0.260. The average molecular weight is 239 g/mol. The van der Waals surface area contributed by atoms with Gasteiger partial charge in [0, 0.05) is 19.6 Å². The van der Waals surface area contributed by atoms with Gasteiger partial charge in [-0.2, -0.15) is 4.98 Å². The number of aromatic nitrogens is 2. The molecule has 1 aromatic rings. The molecular weight excluding hydrogens is 221 g/mol. The minimum Gasteiger partial charge on any atom is -0.363 e. The predicted octanol–water partition coefficient (Wildman–Crippen LogP) is 1.16. The summed E-state index contributed by atoms with van der Waals surface area (Å²) >= 11 is 0. The van der Waals surface area contributed by atoms with Gasteiger partial charge in [-0.1, -0.05) is 0 Å². The number of hydrogen-bond donors (Lipinski definition) is 2. The van der Waals surface area contributed by atoms with Crippen molar-refractivity contribution < 1.29 is 4.39 Å². The third-order valence-electron chi connectivity index (χ3n) is 2.93. The largest absolute Gasteiger partial charge is 0.363 e. The molecule has 1 atom stereocenters. The molecule has 0 bridgehead atoms. The number of halogens is 1. The third kappa shape index (κ3) is 3.03. The molecule has 0 aliphatic carbocycles. The van der Waals surface area contributed by atoms with Crippen molar-refractivity contribution in [2.75, 3.05) is 37.8 Å². The minimum atomic E-state index is -0.405. The number of nitrogens with zero attached hydrogens (tertiary/aromatic N) is 3. The van der Waals surface area contributed by atoms with Crippen molar-refractivity contribution in [1.29, 1.82) is 0 Å². The van der Waals surface area contributed by atoms with E-state index in [1.807, 2.05) is 0 Å². The highest BCUT2D eigenvalue weighted by Crippen LogP contribution is 2.17. The van der Waals surface area contributed by atoms with Gasteiger partial charge in [-0.05, 0) is 26.4 Å². The van der Waals surface area contributed by atoms with Crippen LogP contribution in [0.3, 0.4) is 0 Å². The van der Waals surface area contributed by atoms with Gasteiger partial charge in [-0.3, -0.25) is 0 Å². The number of hydrogen-bond acceptors (Lipinski definition) is 5. The van der Waals surface area contributed by atoms with Crippen LogP contribution in [0.15, 0.2) is 6.20 Å². The van der Waals surface area contributed by atoms with E-state index in [0.29, 0.717) is 5.95 Å². The Labute approximate surface area is 100 Å². The van der Waals surface area contributed by atoms with E-state index in [0.717, 1.165) is 25.9 Å². The quantitative estimate of drug-likeness (QED) is 0.829. The second-order valence-corrected chi connectivity index (χ2v) is 4.39. The summed E-state index contributed by atoms with van der Waals surface area (Å²) in [6.07, 6.45) is 3.36. The number of likely N-dealkylation sites (N-methyl/N-ethyl adjacent to an activating group) is 1. The molecule has 0 aromatic carbocycles. The van der Waals surface area contributed by atoms with E-state index in [2.05, 4.69) is 32.5 Å². The molecule has 1 aliphatic heterocycles. The first-order valence-corrected chi connectivity index (χ1v) is 5.84. The van der Waals surface area contributed by atoms with Crippen molar-refractivity contribution in [2.24, 2.45) is 0 Å². The summed E-state index contributed by atoms with van der Waals surface area (Å²) in [4.78, 5) is 10.1. The standard InChI is InChI=1S/C11H18FN5/c1-13-11-14-6-9(12)10(16-11)15-8-4-3-5-17(2)7-8/h6,8H,3-5,7H2,1-2H3,(H2,13,14,15,16). The van der Waals surface area contributed by atoms with Gasteiger partial charge in [0.05, 0.1) is 6.20 Å². The smallest absolute Gasteiger partial charge is 0.224 e. The van der Waals surface area contributed by atoms with Gasteiger partial charge in [0.1, 0.15) is 0 Å². The zero-order valence-corrected chi connectivity index (χ0v) is 10.2. The van der Waals surface area contributed by atoms with Gasteiger partial charge in [0.15, 0.2) is 11.6 Å². The second kappa shape index (κ2) is 5.27. The molecule has 1 aliphatic rings. The molecule has 6 heteroatoms. The lowest BCUT2D eigenvalue weighted by atomic mass is 10.1. The molecule has 94 valence electrons. The van der Waals surface area contributed by atoms with E-state index >= 15 is 0 Å². The number of nitrogens with one attached hydrogen (secondary N) is 2. The van der Waals surface area contributed by atoms with Gasteiger partial charge in [0.2, 0.25) is 5.95 Å². The van der Waals surface area contributed by atoms with Crippen LogP contribution in [0.2, 0.25) is 0 Å². The SMILES string of the molecule is CNc1ncc(F)c(NC2CCCN(C)C2)n1. The van der Waals surface area contributed by atoms with Gasteiger partial charge in [0.25, 0.3) is 0 Å². The van der Waals surface area contributed by atoms with Crippen molar-refractivity contribution in [1.82, 2.24) is 14.9 Å². The fraction of sp³-hybridized carbons (Fsp3) is 0.636. The second-order valence-electron chi connectivity index (χ2n) is 4.39. The van der Waals surface area contributed by atoms with Crippen molar-refractivity contribution in [3.05, 3.63) is 12.0 Å². The van der Waals surface area contributed by atoms with Crippen LogP contribution < -0.4 is 10.6 Å². The highest BCUT2D eigenvalue weighted by atomic mass is 19.1. The Balaban J connectivity index is 2.06. The van der Waals surface area contributed by atoms with Gasteiger partial charge in [-0.15, -0.1) is 0 Å². The predicted molar refractivity (Wildman–Crippen MR) is 65.7 cm³/mol. The first-order valence-electron chi connectivity index (χ1n) is 5.84. The van der Waals surface area contributed by atoms with Crippen molar-refractivity contribution in [3.8, 4) is 0 Å². The number of piperidine rings is 1. The molecule has 5 nitrogen and oxygen atoms in total. The zero-order valence-electron chi connectivity index (χ0n) is 10.2. The molecule has 2 heterocycles.